The molecular weight excluding hydrogens is 358 g/mol. The lowest BCUT2D eigenvalue weighted by molar-refractivity contribution is 0.0620. The van der Waals surface area contributed by atoms with Crippen molar-refractivity contribution in [1.29, 1.82) is 0 Å². The number of Topliss-reactive ketones (excluding diaryl/α,β-unsaturated/α-hetero) is 1. The van der Waals surface area contributed by atoms with E-state index in [-0.39, 0.29) is 17.7 Å². The molecule has 1 N–H and O–H groups in total. The molecule has 1 atom stereocenters. The number of nitrogens with one attached hydrogen (secondary N) is 1. The van der Waals surface area contributed by atoms with Crippen molar-refractivity contribution in [1.82, 2.24) is 15.2 Å². The lowest BCUT2D eigenvalue weighted by Crippen LogP contribution is -2.57. The van der Waals surface area contributed by atoms with Crippen LogP contribution in [-0.4, -0.2) is 47.3 Å². The minimum absolute atomic E-state index is 0.00185. The smallest absolute Gasteiger partial charge is 0.251 e. The van der Waals surface area contributed by atoms with Gasteiger partial charge in [0.1, 0.15) is 5.03 Å². The van der Waals surface area contributed by atoms with Gasteiger partial charge in [0, 0.05) is 34.8 Å². The third-order valence-corrected chi connectivity index (χ3v) is 6.39. The molecule has 3 aliphatic rings. The van der Waals surface area contributed by atoms with Gasteiger partial charge >= 0.3 is 0 Å². The summed E-state index contributed by atoms with van der Waals surface area (Å²) in [6.45, 7) is 4.86. The molecule has 1 aromatic heterocycles. The van der Waals surface area contributed by atoms with Crippen LogP contribution in [0.2, 0.25) is 0 Å². The van der Waals surface area contributed by atoms with Crippen LogP contribution >= 0.6 is 11.8 Å². The van der Waals surface area contributed by atoms with E-state index >= 15 is 0 Å². The first-order valence-electron chi connectivity index (χ1n) is 9.36. The number of benzene rings is 1. The molecule has 0 spiro atoms. The maximum Gasteiger partial charge on any atom is 0.251 e. The van der Waals surface area contributed by atoms with Gasteiger partial charge in [-0.3, -0.25) is 9.59 Å². The highest BCUT2D eigenvalue weighted by Gasteiger charge is 2.34. The molecule has 3 saturated heterocycles. The number of hydrogen-bond acceptors (Lipinski definition) is 5. The molecule has 140 valence electrons. The summed E-state index contributed by atoms with van der Waals surface area (Å²) in [6.07, 6.45) is 4.02. The summed E-state index contributed by atoms with van der Waals surface area (Å²) in [7, 11) is 0. The molecule has 0 unspecified atom stereocenters. The van der Waals surface area contributed by atoms with Crippen molar-refractivity contribution in [3.8, 4) is 0 Å². The predicted molar refractivity (Wildman–Crippen MR) is 105 cm³/mol. The van der Waals surface area contributed by atoms with Gasteiger partial charge in [-0.05, 0) is 75.2 Å². The minimum atomic E-state index is 0.00185. The van der Waals surface area contributed by atoms with Crippen LogP contribution in [-0.2, 0) is 0 Å². The van der Waals surface area contributed by atoms with Crippen LogP contribution in [0.15, 0.2) is 52.5 Å². The van der Waals surface area contributed by atoms with E-state index in [2.05, 4.69) is 15.2 Å². The van der Waals surface area contributed by atoms with Gasteiger partial charge in [-0.15, -0.1) is 0 Å². The quantitative estimate of drug-likeness (QED) is 0.806. The predicted octanol–water partition coefficient (Wildman–Crippen LogP) is 3.26. The number of hydrogen-bond donors (Lipinski definition) is 1. The largest absolute Gasteiger partial charge is 0.348 e. The first kappa shape index (κ1) is 18.2. The van der Waals surface area contributed by atoms with Gasteiger partial charge in [-0.25, -0.2) is 4.98 Å². The Bertz CT molecular complexity index is 845. The number of rotatable bonds is 5. The Morgan fingerprint density at radius 1 is 1.11 bits per heavy atom. The number of piperidine rings is 3. The number of nitrogens with zero attached hydrogens (tertiary/aromatic N) is 2. The summed E-state index contributed by atoms with van der Waals surface area (Å²) < 4.78 is 0. The fraction of sp³-hybridized carbons (Fsp3) is 0.381. The molecule has 0 saturated carbocycles. The second kappa shape index (κ2) is 7.82. The molecule has 4 heterocycles. The molecule has 6 heteroatoms. The molecule has 27 heavy (non-hydrogen) atoms. The number of amides is 1. The zero-order chi connectivity index (χ0) is 18.8. The van der Waals surface area contributed by atoms with Crippen LogP contribution in [0, 0.1) is 5.92 Å². The Hall–Kier alpha value is -2.18. The second-order valence-electron chi connectivity index (χ2n) is 7.28. The van der Waals surface area contributed by atoms with Crippen molar-refractivity contribution in [3.63, 3.8) is 0 Å². The van der Waals surface area contributed by atoms with E-state index in [1.54, 1.807) is 25.3 Å². The van der Waals surface area contributed by atoms with Crippen LogP contribution in [0.25, 0.3) is 0 Å². The number of carbonyl (C=O) groups is 2. The molecule has 2 bridgehead atoms. The Labute approximate surface area is 163 Å². The zero-order valence-electron chi connectivity index (χ0n) is 15.4. The molecule has 5 nitrogen and oxygen atoms in total. The molecule has 1 aromatic carbocycles. The average Bonchev–Trinajstić information content (AvgIpc) is 2.69. The van der Waals surface area contributed by atoms with Crippen LogP contribution in [0.1, 0.15) is 40.5 Å². The summed E-state index contributed by atoms with van der Waals surface area (Å²) in [4.78, 5) is 31.8. The van der Waals surface area contributed by atoms with Crippen molar-refractivity contribution in [2.24, 2.45) is 5.92 Å². The maximum absolute atomic E-state index is 12.6. The van der Waals surface area contributed by atoms with Gasteiger partial charge in [-0.2, -0.15) is 0 Å². The number of fused-ring (bicyclic) bond motifs is 3. The van der Waals surface area contributed by atoms with E-state index < -0.39 is 0 Å². The van der Waals surface area contributed by atoms with Crippen molar-refractivity contribution in [3.05, 3.63) is 53.7 Å². The second-order valence-corrected chi connectivity index (χ2v) is 8.38. The number of ketones is 1. The summed E-state index contributed by atoms with van der Waals surface area (Å²) in [5, 5.41) is 3.99. The fourth-order valence-electron chi connectivity index (χ4n) is 3.86. The topological polar surface area (TPSA) is 62.3 Å². The van der Waals surface area contributed by atoms with Gasteiger partial charge in [0.05, 0.1) is 0 Å². The highest BCUT2D eigenvalue weighted by atomic mass is 32.2. The van der Waals surface area contributed by atoms with Gasteiger partial charge in [0.2, 0.25) is 0 Å². The van der Waals surface area contributed by atoms with Gasteiger partial charge in [-0.1, -0.05) is 11.8 Å². The third-order valence-electron chi connectivity index (χ3n) is 5.45. The normalized spacial score (nSPS) is 23.8. The van der Waals surface area contributed by atoms with E-state index in [0.717, 1.165) is 16.5 Å². The van der Waals surface area contributed by atoms with Crippen molar-refractivity contribution in [2.75, 3.05) is 19.6 Å². The van der Waals surface area contributed by atoms with E-state index in [1.165, 1.54) is 37.7 Å². The monoisotopic (exact) mass is 381 g/mol. The van der Waals surface area contributed by atoms with Crippen molar-refractivity contribution < 1.29 is 9.59 Å². The van der Waals surface area contributed by atoms with Crippen molar-refractivity contribution >= 4 is 23.5 Å². The SMILES string of the molecule is CC(=O)c1ccnc(Sc2ccc(C(=O)N[C@H]3CN4CCC3CC4)cc2)c1. The Morgan fingerprint density at radius 2 is 1.85 bits per heavy atom. The molecule has 3 fully saturated rings. The van der Waals surface area contributed by atoms with E-state index in [0.29, 0.717) is 17.0 Å². The molecule has 2 aromatic rings. The molecule has 1 amide bonds. The zero-order valence-corrected chi connectivity index (χ0v) is 16.2. The summed E-state index contributed by atoms with van der Waals surface area (Å²) in [5.74, 6) is 0.648. The number of pyridine rings is 1. The van der Waals surface area contributed by atoms with Crippen LogP contribution < -0.4 is 5.32 Å². The Morgan fingerprint density at radius 3 is 2.48 bits per heavy atom. The minimum Gasteiger partial charge on any atom is -0.348 e. The summed E-state index contributed by atoms with van der Waals surface area (Å²) in [5.41, 5.74) is 1.34. The van der Waals surface area contributed by atoms with Gasteiger partial charge in [0.15, 0.2) is 5.78 Å². The van der Waals surface area contributed by atoms with Crippen LogP contribution in [0.3, 0.4) is 0 Å². The lowest BCUT2D eigenvalue weighted by Gasteiger charge is -2.44. The molecule has 3 aliphatic heterocycles. The molecule has 5 rings (SSSR count). The van der Waals surface area contributed by atoms with E-state index in [4.69, 9.17) is 0 Å². The number of carbonyl (C=O) groups excluding carboxylic acids is 2. The Balaban J connectivity index is 1.39. The maximum atomic E-state index is 12.6. The van der Waals surface area contributed by atoms with Gasteiger partial charge < -0.3 is 10.2 Å². The number of aromatic nitrogens is 1. The van der Waals surface area contributed by atoms with Crippen LogP contribution in [0.4, 0.5) is 0 Å². The highest BCUT2D eigenvalue weighted by Crippen LogP contribution is 2.29. The third kappa shape index (κ3) is 4.22. The first-order chi connectivity index (χ1) is 13.1. The fourth-order valence-corrected chi connectivity index (χ4v) is 4.67. The lowest BCUT2D eigenvalue weighted by atomic mass is 9.84. The Kier molecular flexibility index (Phi) is 5.27. The van der Waals surface area contributed by atoms with E-state index in [9.17, 15) is 9.59 Å². The van der Waals surface area contributed by atoms with E-state index in [1.807, 2.05) is 24.3 Å². The summed E-state index contributed by atoms with van der Waals surface area (Å²) in [6, 6.07) is 11.3. The highest BCUT2D eigenvalue weighted by molar-refractivity contribution is 7.99. The first-order valence-corrected chi connectivity index (χ1v) is 10.2. The molecule has 0 aliphatic carbocycles. The average molecular weight is 382 g/mol. The summed E-state index contributed by atoms with van der Waals surface area (Å²) >= 11 is 1.48. The standard InChI is InChI=1S/C21H23N3O2S/c1-14(25)17-6-9-22-20(12-17)27-18-4-2-16(3-5-18)21(26)23-19-13-24-10-7-15(19)8-11-24/h2-6,9,12,15,19H,7-8,10-11,13H2,1H3,(H,23,26)/t19-/m0/s1. The van der Waals surface area contributed by atoms with Gasteiger partial charge in [0.25, 0.3) is 5.91 Å². The van der Waals surface area contributed by atoms with Crippen molar-refractivity contribution in [2.45, 2.75) is 35.7 Å². The molecule has 0 radical (unpaired) electrons. The van der Waals surface area contributed by atoms with Crippen LogP contribution in [0.5, 0.6) is 0 Å². The molecular formula is C21H23N3O2S.